The summed E-state index contributed by atoms with van der Waals surface area (Å²) in [6, 6.07) is 3.52. The van der Waals surface area contributed by atoms with Crippen LogP contribution < -0.4 is 67.5 Å². The van der Waals surface area contributed by atoms with Crippen molar-refractivity contribution < 1.29 is 93.4 Å². The van der Waals surface area contributed by atoms with E-state index in [1.807, 2.05) is 0 Å². The Balaban J connectivity index is 0.00000323. The van der Waals surface area contributed by atoms with Gasteiger partial charge in [0.2, 0.25) is 0 Å². The fourth-order valence-electron chi connectivity index (χ4n) is 8.80. The molecule has 3 aliphatic rings. The maximum atomic E-state index is 11.5. The van der Waals surface area contributed by atoms with Gasteiger partial charge in [0.25, 0.3) is 20.8 Å². The molecule has 0 amide bonds. The van der Waals surface area contributed by atoms with Gasteiger partial charge >= 0.3 is 59.1 Å². The Labute approximate surface area is 303 Å². The Bertz CT molecular complexity index is 1410. The summed E-state index contributed by atoms with van der Waals surface area (Å²) in [5.41, 5.74) is 2.90. The van der Waals surface area contributed by atoms with E-state index in [1.54, 1.807) is 0 Å². The van der Waals surface area contributed by atoms with Crippen LogP contribution in [0.25, 0.3) is 0 Å². The molecule has 0 aliphatic heterocycles. The summed E-state index contributed by atoms with van der Waals surface area (Å²) in [4.78, 5) is 0. The SMILES string of the molecule is C=C1CCCC(C)(C)[C@H]1CC[C@@]1(C)CCC[C@]2(C)[C@@H](Cc3cc(OS(=O)(=O)[O-])ccc3OS(=O)(=O)[O-])C(=C)CC[C@@H]12.[Na+].[Na+]. The van der Waals surface area contributed by atoms with Crippen LogP contribution in [-0.2, 0) is 27.2 Å². The monoisotopic (exact) mass is 654 g/mol. The Kier molecular flexibility index (Phi) is 13.2. The number of hydrogen-bond donors (Lipinski definition) is 0. The largest absolute Gasteiger partial charge is 1.00 e. The first-order chi connectivity index (χ1) is 18.8. The average Bonchev–Trinajstić information content (AvgIpc) is 2.80. The quantitative estimate of drug-likeness (QED) is 0.166. The van der Waals surface area contributed by atoms with Crippen molar-refractivity contribution in [1.82, 2.24) is 0 Å². The molecule has 230 valence electrons. The Hall–Kier alpha value is 0.120. The van der Waals surface area contributed by atoms with Gasteiger partial charge in [-0.2, -0.15) is 0 Å². The molecule has 0 radical (unpaired) electrons. The van der Waals surface area contributed by atoms with Crippen molar-refractivity contribution in [3.63, 3.8) is 0 Å². The topological polar surface area (TPSA) is 133 Å². The summed E-state index contributed by atoms with van der Waals surface area (Å²) >= 11 is 0. The van der Waals surface area contributed by atoms with Gasteiger partial charge in [-0.05, 0) is 116 Å². The second-order valence-electron chi connectivity index (χ2n) is 13.9. The molecular weight excluding hydrogens is 610 g/mol. The van der Waals surface area contributed by atoms with Crippen LogP contribution in [0.1, 0.15) is 97.5 Å². The van der Waals surface area contributed by atoms with Crippen LogP contribution in [0.5, 0.6) is 11.5 Å². The predicted molar refractivity (Wildman–Crippen MR) is 156 cm³/mol. The van der Waals surface area contributed by atoms with E-state index < -0.39 is 20.8 Å². The third-order valence-corrected chi connectivity index (χ3v) is 11.5. The minimum atomic E-state index is -5.09. The second-order valence-corrected chi connectivity index (χ2v) is 15.8. The number of benzene rings is 1. The van der Waals surface area contributed by atoms with Gasteiger partial charge in [-0.1, -0.05) is 58.4 Å². The van der Waals surface area contributed by atoms with Crippen LogP contribution in [0.15, 0.2) is 42.5 Å². The van der Waals surface area contributed by atoms with E-state index in [0.29, 0.717) is 11.8 Å². The summed E-state index contributed by atoms with van der Waals surface area (Å²) in [5, 5.41) is 0. The van der Waals surface area contributed by atoms with Gasteiger partial charge in [0.1, 0.15) is 11.5 Å². The van der Waals surface area contributed by atoms with Gasteiger partial charge < -0.3 is 17.5 Å². The Morgan fingerprint density at radius 1 is 0.860 bits per heavy atom. The van der Waals surface area contributed by atoms with Crippen LogP contribution >= 0.6 is 0 Å². The molecule has 0 aromatic heterocycles. The first-order valence-corrected chi connectivity index (χ1v) is 17.3. The second kappa shape index (κ2) is 14.5. The number of rotatable bonds is 9. The van der Waals surface area contributed by atoms with Crippen LogP contribution in [0.4, 0.5) is 0 Å². The molecule has 0 N–H and O–H groups in total. The summed E-state index contributed by atoms with van der Waals surface area (Å²) in [6.45, 7) is 18.3. The van der Waals surface area contributed by atoms with Crippen molar-refractivity contribution in [2.45, 2.75) is 98.3 Å². The summed E-state index contributed by atoms with van der Waals surface area (Å²) in [7, 11) is -10.1. The minimum absolute atomic E-state index is 0. The number of allylic oxidation sites excluding steroid dienone is 2. The smallest absolute Gasteiger partial charge is 0.716 e. The molecule has 1 aromatic carbocycles. The Morgan fingerprint density at radius 3 is 2.09 bits per heavy atom. The molecule has 0 bridgehead atoms. The molecule has 43 heavy (non-hydrogen) atoms. The summed E-state index contributed by atoms with van der Waals surface area (Å²) < 4.78 is 77.5. The van der Waals surface area contributed by atoms with E-state index in [0.717, 1.165) is 69.1 Å². The van der Waals surface area contributed by atoms with E-state index >= 15 is 0 Å². The number of fused-ring (bicyclic) bond motifs is 1. The first kappa shape index (κ1) is 39.3. The molecule has 12 heteroatoms. The maximum Gasteiger partial charge on any atom is 1.00 e. The van der Waals surface area contributed by atoms with E-state index in [4.69, 9.17) is 4.18 Å². The Morgan fingerprint density at radius 2 is 1.49 bits per heavy atom. The minimum Gasteiger partial charge on any atom is -0.716 e. The maximum absolute atomic E-state index is 11.5. The molecule has 5 atom stereocenters. The fraction of sp³-hybridized carbons (Fsp3) is 0.677. The third kappa shape index (κ3) is 9.36. The fourth-order valence-corrected chi connectivity index (χ4v) is 9.52. The average molecular weight is 655 g/mol. The molecule has 0 heterocycles. The van der Waals surface area contributed by atoms with E-state index in [1.165, 1.54) is 24.5 Å². The summed E-state index contributed by atoms with van der Waals surface area (Å²) in [5.74, 6) is 0.360. The molecule has 3 fully saturated rings. The molecule has 0 spiro atoms. The molecule has 1 aromatic rings. The van der Waals surface area contributed by atoms with Gasteiger partial charge in [0.05, 0.1) is 0 Å². The number of hydrogen-bond acceptors (Lipinski definition) is 8. The van der Waals surface area contributed by atoms with Crippen molar-refractivity contribution >= 4 is 20.8 Å². The normalized spacial score (nSPS) is 30.8. The zero-order valence-corrected chi connectivity index (χ0v) is 32.4. The molecule has 0 saturated heterocycles. The summed E-state index contributed by atoms with van der Waals surface area (Å²) in [6.07, 6.45) is 11.0. The first-order valence-electron chi connectivity index (χ1n) is 14.6. The van der Waals surface area contributed by atoms with Crippen molar-refractivity contribution in [3.8, 4) is 11.5 Å². The van der Waals surface area contributed by atoms with Crippen molar-refractivity contribution in [3.05, 3.63) is 48.1 Å². The van der Waals surface area contributed by atoms with E-state index in [9.17, 15) is 25.9 Å². The molecular formula is C31H44Na2O8S2. The van der Waals surface area contributed by atoms with Gasteiger partial charge in [-0.25, -0.2) is 16.8 Å². The van der Waals surface area contributed by atoms with Crippen LogP contribution in [0.2, 0.25) is 0 Å². The van der Waals surface area contributed by atoms with E-state index in [-0.39, 0.29) is 105 Å². The van der Waals surface area contributed by atoms with Crippen LogP contribution in [0.3, 0.4) is 0 Å². The van der Waals surface area contributed by atoms with Crippen molar-refractivity contribution in [2.75, 3.05) is 0 Å². The third-order valence-electron chi connectivity index (χ3n) is 10.7. The van der Waals surface area contributed by atoms with Gasteiger partial charge in [-0.3, -0.25) is 0 Å². The molecule has 3 aliphatic carbocycles. The van der Waals surface area contributed by atoms with E-state index in [2.05, 4.69) is 45.0 Å². The van der Waals surface area contributed by atoms with Crippen LogP contribution in [0, 0.1) is 34.0 Å². The zero-order chi connectivity index (χ0) is 30.4. The molecule has 8 nitrogen and oxygen atoms in total. The van der Waals surface area contributed by atoms with Gasteiger partial charge in [0, 0.05) is 5.56 Å². The molecule has 3 saturated carbocycles. The molecule has 0 unspecified atom stereocenters. The van der Waals surface area contributed by atoms with Crippen molar-refractivity contribution in [1.29, 1.82) is 0 Å². The van der Waals surface area contributed by atoms with Crippen LogP contribution in [-0.4, -0.2) is 25.9 Å². The van der Waals surface area contributed by atoms with Gasteiger partial charge in [0.15, 0.2) is 0 Å². The standard InChI is InChI=1S/C31H46O8S2.2Na/c1-21-9-7-15-29(3,4)25(21)14-18-30(5)16-8-17-31(6)26(22(2)10-13-28(30)31)20-23-19-24(38-40(32,33)34)11-12-27(23)39-41(35,36)37;;/h11-12,19,25-26,28H,1-2,7-10,13-18,20H2,3-6H3,(H,32,33,34)(H,35,36,37);;/q;2*+1/p-2/t25-,26-,28-,30+,31+;;/m0../s1. The van der Waals surface area contributed by atoms with Gasteiger partial charge in [-0.15, -0.1) is 0 Å². The predicted octanol–water partition coefficient (Wildman–Crippen LogP) is 0.857. The van der Waals surface area contributed by atoms with Crippen molar-refractivity contribution in [2.24, 2.45) is 34.0 Å². The zero-order valence-electron chi connectivity index (χ0n) is 26.7. The molecule has 4 rings (SSSR count).